The molecule has 3 nitrogen and oxygen atoms in total. The summed E-state index contributed by atoms with van der Waals surface area (Å²) in [6.45, 7) is 3.77. The average Bonchev–Trinajstić information content (AvgIpc) is 2.76. The standard InChI is InChI=1S/C14H15BrN2OS2/c1-8-7-17(5-6-19-8)14(18)13-12(16)11-9(15)3-2-4-10(11)20-13/h2-4,8H,5-7,16H2,1H3. The summed E-state index contributed by atoms with van der Waals surface area (Å²) >= 11 is 6.92. The number of nitrogen functional groups attached to an aromatic ring is 1. The molecule has 1 aliphatic rings. The van der Waals surface area contributed by atoms with Crippen LogP contribution in [0.2, 0.25) is 0 Å². The van der Waals surface area contributed by atoms with E-state index in [0.29, 0.717) is 15.8 Å². The van der Waals surface area contributed by atoms with Gasteiger partial charge in [-0.15, -0.1) is 11.3 Å². The van der Waals surface area contributed by atoms with E-state index in [1.165, 1.54) is 11.3 Å². The summed E-state index contributed by atoms with van der Waals surface area (Å²) in [5.41, 5.74) is 6.81. The Balaban J connectivity index is 1.99. The maximum atomic E-state index is 12.7. The van der Waals surface area contributed by atoms with Gasteiger partial charge in [0.1, 0.15) is 4.88 Å². The summed E-state index contributed by atoms with van der Waals surface area (Å²) in [6.07, 6.45) is 0. The van der Waals surface area contributed by atoms with E-state index in [1.807, 2.05) is 34.9 Å². The molecule has 0 radical (unpaired) electrons. The molecule has 1 fully saturated rings. The molecule has 1 aromatic carbocycles. The van der Waals surface area contributed by atoms with Gasteiger partial charge in [-0.2, -0.15) is 11.8 Å². The Kier molecular flexibility index (Phi) is 3.97. The smallest absolute Gasteiger partial charge is 0.266 e. The largest absolute Gasteiger partial charge is 0.397 e. The number of nitrogens with zero attached hydrogens (tertiary/aromatic N) is 1. The van der Waals surface area contributed by atoms with Gasteiger partial charge in [0.05, 0.1) is 5.69 Å². The highest BCUT2D eigenvalue weighted by Gasteiger charge is 2.26. The van der Waals surface area contributed by atoms with Gasteiger partial charge < -0.3 is 10.6 Å². The first-order chi connectivity index (χ1) is 9.58. The second-order valence-electron chi connectivity index (χ2n) is 4.89. The van der Waals surface area contributed by atoms with Crippen LogP contribution in [0.4, 0.5) is 5.69 Å². The van der Waals surface area contributed by atoms with Crippen molar-refractivity contribution in [3.05, 3.63) is 27.5 Å². The Bertz CT molecular complexity index is 670. The van der Waals surface area contributed by atoms with Gasteiger partial charge in [0, 0.05) is 38.7 Å². The highest BCUT2D eigenvalue weighted by atomic mass is 79.9. The van der Waals surface area contributed by atoms with Crippen LogP contribution in [-0.4, -0.2) is 34.9 Å². The molecule has 1 atom stereocenters. The number of anilines is 1. The number of nitrogens with two attached hydrogens (primary N) is 1. The van der Waals surface area contributed by atoms with Crippen LogP contribution in [0.15, 0.2) is 22.7 Å². The zero-order chi connectivity index (χ0) is 14.3. The fourth-order valence-electron chi connectivity index (χ4n) is 2.43. The number of thiophene rings is 1. The average molecular weight is 371 g/mol. The quantitative estimate of drug-likeness (QED) is 0.829. The third kappa shape index (κ3) is 2.44. The number of fused-ring (bicyclic) bond motifs is 1. The number of carbonyl (C=O) groups is 1. The van der Waals surface area contributed by atoms with E-state index in [0.717, 1.165) is 33.4 Å². The molecule has 1 aliphatic heterocycles. The van der Waals surface area contributed by atoms with Crippen molar-refractivity contribution in [3.63, 3.8) is 0 Å². The van der Waals surface area contributed by atoms with Gasteiger partial charge in [-0.25, -0.2) is 0 Å². The molecule has 0 spiro atoms. The van der Waals surface area contributed by atoms with Gasteiger partial charge in [0.25, 0.3) is 5.91 Å². The van der Waals surface area contributed by atoms with E-state index in [1.54, 1.807) is 0 Å². The van der Waals surface area contributed by atoms with E-state index in [9.17, 15) is 4.79 Å². The molecule has 3 rings (SSSR count). The maximum Gasteiger partial charge on any atom is 0.266 e. The lowest BCUT2D eigenvalue weighted by Crippen LogP contribution is -2.40. The number of hydrogen-bond acceptors (Lipinski definition) is 4. The van der Waals surface area contributed by atoms with Gasteiger partial charge in [-0.1, -0.05) is 28.9 Å². The Labute approximate surface area is 134 Å². The molecular weight excluding hydrogens is 356 g/mol. The van der Waals surface area contributed by atoms with Crippen molar-refractivity contribution in [1.82, 2.24) is 4.90 Å². The molecule has 20 heavy (non-hydrogen) atoms. The van der Waals surface area contributed by atoms with Gasteiger partial charge in [-0.3, -0.25) is 4.79 Å². The minimum atomic E-state index is 0.0720. The summed E-state index contributed by atoms with van der Waals surface area (Å²) in [7, 11) is 0. The molecule has 2 N–H and O–H groups in total. The van der Waals surface area contributed by atoms with E-state index in [2.05, 4.69) is 22.9 Å². The summed E-state index contributed by atoms with van der Waals surface area (Å²) in [6, 6.07) is 5.93. The summed E-state index contributed by atoms with van der Waals surface area (Å²) in [5.74, 6) is 1.07. The second-order valence-corrected chi connectivity index (χ2v) is 8.34. The highest BCUT2D eigenvalue weighted by Crippen LogP contribution is 2.39. The van der Waals surface area contributed by atoms with Crippen LogP contribution >= 0.6 is 39.0 Å². The first kappa shape index (κ1) is 14.2. The molecule has 0 saturated carbocycles. The predicted octanol–water partition coefficient (Wildman–Crippen LogP) is 3.82. The third-order valence-electron chi connectivity index (χ3n) is 3.42. The van der Waals surface area contributed by atoms with Crippen molar-refractivity contribution in [3.8, 4) is 0 Å². The molecule has 1 unspecified atom stereocenters. The van der Waals surface area contributed by atoms with E-state index in [-0.39, 0.29) is 5.91 Å². The lowest BCUT2D eigenvalue weighted by molar-refractivity contribution is 0.0769. The maximum absolute atomic E-state index is 12.7. The summed E-state index contributed by atoms with van der Waals surface area (Å²) in [4.78, 5) is 15.3. The van der Waals surface area contributed by atoms with E-state index < -0.39 is 0 Å². The number of carbonyl (C=O) groups excluding carboxylic acids is 1. The Morgan fingerprint density at radius 3 is 3.00 bits per heavy atom. The van der Waals surface area contributed by atoms with Crippen molar-refractivity contribution in [1.29, 1.82) is 0 Å². The van der Waals surface area contributed by atoms with Crippen LogP contribution in [0.5, 0.6) is 0 Å². The molecule has 1 aromatic heterocycles. The topological polar surface area (TPSA) is 46.3 Å². The van der Waals surface area contributed by atoms with Crippen molar-refractivity contribution >= 4 is 60.7 Å². The highest BCUT2D eigenvalue weighted by molar-refractivity contribution is 9.10. The number of amides is 1. The van der Waals surface area contributed by atoms with Crippen molar-refractivity contribution < 1.29 is 4.79 Å². The number of rotatable bonds is 1. The number of benzene rings is 1. The van der Waals surface area contributed by atoms with Gasteiger partial charge in [0.2, 0.25) is 0 Å². The zero-order valence-electron chi connectivity index (χ0n) is 11.1. The third-order valence-corrected chi connectivity index (χ3v) is 6.38. The van der Waals surface area contributed by atoms with Crippen LogP contribution < -0.4 is 5.73 Å². The van der Waals surface area contributed by atoms with Crippen LogP contribution in [0, 0.1) is 0 Å². The molecule has 1 saturated heterocycles. The number of thioether (sulfide) groups is 1. The van der Waals surface area contributed by atoms with Crippen molar-refractivity contribution in [2.75, 3.05) is 24.6 Å². The van der Waals surface area contributed by atoms with Crippen LogP contribution in [-0.2, 0) is 0 Å². The fraction of sp³-hybridized carbons (Fsp3) is 0.357. The molecule has 0 bridgehead atoms. The monoisotopic (exact) mass is 370 g/mol. The molecule has 2 aromatic rings. The van der Waals surface area contributed by atoms with Gasteiger partial charge >= 0.3 is 0 Å². The van der Waals surface area contributed by atoms with Crippen LogP contribution in [0.3, 0.4) is 0 Å². The van der Waals surface area contributed by atoms with E-state index >= 15 is 0 Å². The second kappa shape index (κ2) is 5.58. The molecule has 106 valence electrons. The first-order valence-electron chi connectivity index (χ1n) is 6.45. The lowest BCUT2D eigenvalue weighted by atomic mass is 10.2. The minimum Gasteiger partial charge on any atom is -0.397 e. The molecule has 2 heterocycles. The Morgan fingerprint density at radius 2 is 2.30 bits per heavy atom. The minimum absolute atomic E-state index is 0.0720. The first-order valence-corrected chi connectivity index (χ1v) is 9.11. The zero-order valence-corrected chi connectivity index (χ0v) is 14.3. The van der Waals surface area contributed by atoms with E-state index in [4.69, 9.17) is 5.73 Å². The summed E-state index contributed by atoms with van der Waals surface area (Å²) in [5, 5.41) is 1.45. The summed E-state index contributed by atoms with van der Waals surface area (Å²) < 4.78 is 2.00. The molecule has 0 aliphatic carbocycles. The SMILES string of the molecule is CC1CN(C(=O)c2sc3cccc(Br)c3c2N)CCS1. The van der Waals surface area contributed by atoms with Crippen LogP contribution in [0.25, 0.3) is 10.1 Å². The van der Waals surface area contributed by atoms with Gasteiger partial charge in [-0.05, 0) is 12.1 Å². The molecule has 6 heteroatoms. The van der Waals surface area contributed by atoms with Crippen molar-refractivity contribution in [2.45, 2.75) is 12.2 Å². The van der Waals surface area contributed by atoms with Crippen molar-refractivity contribution in [2.24, 2.45) is 0 Å². The predicted molar refractivity (Wildman–Crippen MR) is 91.8 cm³/mol. The lowest BCUT2D eigenvalue weighted by Gasteiger charge is -2.30. The van der Waals surface area contributed by atoms with Gasteiger partial charge in [0.15, 0.2) is 0 Å². The van der Waals surface area contributed by atoms with Crippen LogP contribution in [0.1, 0.15) is 16.6 Å². The fourth-order valence-corrected chi connectivity index (χ4v) is 5.28. The molecule has 1 amide bonds. The Morgan fingerprint density at radius 1 is 1.50 bits per heavy atom. The number of hydrogen-bond donors (Lipinski definition) is 1. The molecular formula is C14H15BrN2OS2. The normalized spacial score (nSPS) is 19.5. The number of halogens is 1. The Hall–Kier alpha value is -0.720.